The van der Waals surface area contributed by atoms with E-state index in [1.165, 1.54) is 6.42 Å². The molecular formula is C17H21ClN2O3. The summed E-state index contributed by atoms with van der Waals surface area (Å²) in [6.07, 6.45) is 4.94. The summed E-state index contributed by atoms with van der Waals surface area (Å²) in [7, 11) is 1.58. The van der Waals surface area contributed by atoms with Gasteiger partial charge in [-0.1, -0.05) is 18.0 Å². The fraction of sp³-hybridized carbons (Fsp3) is 0.588. The van der Waals surface area contributed by atoms with Gasteiger partial charge in [0.15, 0.2) is 0 Å². The SMILES string of the molecule is COc1ccc(NC(=O)N[C@@H]2[C@H]3CCO[C@@H]3C23CCC3)c(Cl)c1. The second-order valence-electron chi connectivity index (χ2n) is 6.75. The third-order valence-electron chi connectivity index (χ3n) is 5.75. The Kier molecular flexibility index (Phi) is 3.65. The predicted octanol–water partition coefficient (Wildman–Crippen LogP) is 3.43. The Morgan fingerprint density at radius 1 is 1.43 bits per heavy atom. The van der Waals surface area contributed by atoms with Crippen LogP contribution < -0.4 is 15.4 Å². The highest BCUT2D eigenvalue weighted by atomic mass is 35.5. The molecule has 2 aliphatic carbocycles. The summed E-state index contributed by atoms with van der Waals surface area (Å²) in [5.41, 5.74) is 0.772. The van der Waals surface area contributed by atoms with Gasteiger partial charge < -0.3 is 20.1 Å². The van der Waals surface area contributed by atoms with Gasteiger partial charge >= 0.3 is 6.03 Å². The molecule has 0 radical (unpaired) electrons. The monoisotopic (exact) mass is 336 g/mol. The Labute approximate surface area is 140 Å². The molecule has 1 aliphatic heterocycles. The lowest BCUT2D eigenvalue weighted by atomic mass is 9.46. The zero-order valence-electron chi connectivity index (χ0n) is 13.1. The van der Waals surface area contributed by atoms with E-state index < -0.39 is 0 Å². The molecule has 2 amide bonds. The van der Waals surface area contributed by atoms with Crippen LogP contribution in [-0.4, -0.2) is 31.9 Å². The van der Waals surface area contributed by atoms with E-state index in [4.69, 9.17) is 21.1 Å². The topological polar surface area (TPSA) is 59.6 Å². The lowest BCUT2D eigenvalue weighted by Crippen LogP contribution is -2.72. The van der Waals surface area contributed by atoms with Crippen molar-refractivity contribution in [3.8, 4) is 5.75 Å². The van der Waals surface area contributed by atoms with E-state index >= 15 is 0 Å². The molecule has 23 heavy (non-hydrogen) atoms. The number of rotatable bonds is 3. The van der Waals surface area contributed by atoms with E-state index in [1.54, 1.807) is 25.3 Å². The van der Waals surface area contributed by atoms with E-state index in [9.17, 15) is 4.79 Å². The van der Waals surface area contributed by atoms with Crippen molar-refractivity contribution in [3.05, 3.63) is 23.2 Å². The first-order valence-electron chi connectivity index (χ1n) is 8.17. The molecule has 4 rings (SSSR count). The molecule has 3 aliphatic rings. The minimum atomic E-state index is -0.196. The smallest absolute Gasteiger partial charge is 0.319 e. The maximum absolute atomic E-state index is 12.4. The molecule has 2 N–H and O–H groups in total. The minimum absolute atomic E-state index is 0.183. The van der Waals surface area contributed by atoms with Crippen LogP contribution in [0, 0.1) is 11.3 Å². The van der Waals surface area contributed by atoms with Crippen molar-refractivity contribution in [2.24, 2.45) is 11.3 Å². The molecule has 1 aromatic carbocycles. The van der Waals surface area contributed by atoms with Gasteiger partial charge in [-0.2, -0.15) is 0 Å². The Bertz CT molecular complexity index is 632. The number of ether oxygens (including phenoxy) is 2. The summed E-state index contributed by atoms with van der Waals surface area (Å²) in [6, 6.07) is 5.25. The number of carbonyl (C=O) groups excluding carboxylic acids is 1. The van der Waals surface area contributed by atoms with Crippen molar-refractivity contribution >= 4 is 23.3 Å². The van der Waals surface area contributed by atoms with Gasteiger partial charge in [-0.3, -0.25) is 0 Å². The lowest BCUT2D eigenvalue weighted by Gasteiger charge is -2.63. The average molecular weight is 337 g/mol. The molecule has 6 heteroatoms. The van der Waals surface area contributed by atoms with E-state index in [-0.39, 0.29) is 17.5 Å². The number of nitrogens with one attached hydrogen (secondary N) is 2. The van der Waals surface area contributed by atoms with Crippen molar-refractivity contribution in [2.45, 2.75) is 37.8 Å². The molecule has 5 nitrogen and oxygen atoms in total. The van der Waals surface area contributed by atoms with Gasteiger partial charge in [0.1, 0.15) is 5.75 Å². The first-order chi connectivity index (χ1) is 11.1. The van der Waals surface area contributed by atoms with Gasteiger partial charge in [0.05, 0.1) is 23.9 Å². The van der Waals surface area contributed by atoms with Gasteiger partial charge in [0.25, 0.3) is 0 Å². The molecule has 0 unspecified atom stereocenters. The average Bonchev–Trinajstić information content (AvgIpc) is 2.90. The summed E-state index contributed by atoms with van der Waals surface area (Å²) in [5, 5.41) is 6.48. The van der Waals surface area contributed by atoms with Crippen LogP contribution >= 0.6 is 11.6 Å². The highest BCUT2D eigenvalue weighted by Crippen LogP contribution is 2.62. The molecule has 1 spiro atoms. The molecular weight excluding hydrogens is 316 g/mol. The molecule has 124 valence electrons. The summed E-state index contributed by atoms with van der Waals surface area (Å²) in [6.45, 7) is 0.821. The van der Waals surface area contributed by atoms with Crippen LogP contribution in [0.1, 0.15) is 25.7 Å². The van der Waals surface area contributed by atoms with E-state index in [2.05, 4.69) is 10.6 Å². The van der Waals surface area contributed by atoms with Crippen LogP contribution in [0.25, 0.3) is 0 Å². The predicted molar refractivity (Wildman–Crippen MR) is 88.1 cm³/mol. The van der Waals surface area contributed by atoms with E-state index in [0.29, 0.717) is 28.5 Å². The molecule has 3 atom stereocenters. The Balaban J connectivity index is 1.42. The molecule has 0 bridgehead atoms. The quantitative estimate of drug-likeness (QED) is 0.889. The number of benzene rings is 1. The number of halogens is 1. The molecule has 2 saturated carbocycles. The maximum atomic E-state index is 12.4. The Morgan fingerprint density at radius 3 is 2.91 bits per heavy atom. The fourth-order valence-electron chi connectivity index (χ4n) is 4.48. The molecule has 1 heterocycles. The van der Waals surface area contributed by atoms with Gasteiger partial charge in [-0.05, 0) is 31.4 Å². The van der Waals surface area contributed by atoms with Gasteiger partial charge in [0, 0.05) is 30.0 Å². The highest BCUT2D eigenvalue weighted by molar-refractivity contribution is 6.33. The summed E-state index contributed by atoms with van der Waals surface area (Å²) < 4.78 is 11.0. The highest BCUT2D eigenvalue weighted by Gasteiger charge is 2.66. The first-order valence-corrected chi connectivity index (χ1v) is 8.54. The Hall–Kier alpha value is -1.46. The summed E-state index contributed by atoms with van der Waals surface area (Å²) in [4.78, 5) is 12.4. The van der Waals surface area contributed by atoms with Crippen molar-refractivity contribution in [1.29, 1.82) is 0 Å². The largest absolute Gasteiger partial charge is 0.497 e. The number of fused-ring (bicyclic) bond motifs is 2. The molecule has 1 saturated heterocycles. The Morgan fingerprint density at radius 2 is 2.26 bits per heavy atom. The summed E-state index contributed by atoms with van der Waals surface area (Å²) in [5.74, 6) is 1.13. The zero-order chi connectivity index (χ0) is 16.0. The van der Waals surface area contributed by atoms with Gasteiger partial charge in [0.2, 0.25) is 0 Å². The van der Waals surface area contributed by atoms with Crippen molar-refractivity contribution in [3.63, 3.8) is 0 Å². The zero-order valence-corrected chi connectivity index (χ0v) is 13.9. The number of carbonyl (C=O) groups is 1. The van der Waals surface area contributed by atoms with Crippen LogP contribution in [0.4, 0.5) is 10.5 Å². The standard InChI is InChI=1S/C17H21ClN2O3/c1-22-10-3-4-13(12(18)9-10)19-16(21)20-14-11-5-8-23-15(11)17(14)6-2-7-17/h3-4,9,11,14-15H,2,5-8H2,1H3,(H2,19,20,21)/t11-,14-,15+/m1/s1. The van der Waals surface area contributed by atoms with Crippen LogP contribution in [0.3, 0.4) is 0 Å². The molecule has 1 aromatic rings. The molecule has 0 aromatic heterocycles. The third kappa shape index (κ3) is 2.29. The van der Waals surface area contributed by atoms with E-state index in [0.717, 1.165) is 25.9 Å². The lowest BCUT2D eigenvalue weighted by molar-refractivity contribution is -0.171. The van der Waals surface area contributed by atoms with Crippen LogP contribution in [-0.2, 0) is 4.74 Å². The molecule has 3 fully saturated rings. The van der Waals surface area contributed by atoms with E-state index in [1.807, 2.05) is 0 Å². The number of anilines is 1. The van der Waals surface area contributed by atoms with Gasteiger partial charge in [-0.15, -0.1) is 0 Å². The fourth-order valence-corrected chi connectivity index (χ4v) is 4.70. The van der Waals surface area contributed by atoms with Crippen molar-refractivity contribution in [1.82, 2.24) is 5.32 Å². The maximum Gasteiger partial charge on any atom is 0.319 e. The van der Waals surface area contributed by atoms with Crippen molar-refractivity contribution < 1.29 is 14.3 Å². The number of amides is 2. The van der Waals surface area contributed by atoms with Crippen LogP contribution in [0.2, 0.25) is 5.02 Å². The number of urea groups is 1. The number of methoxy groups -OCH3 is 1. The second-order valence-corrected chi connectivity index (χ2v) is 7.16. The summed E-state index contributed by atoms with van der Waals surface area (Å²) >= 11 is 6.18. The van der Waals surface area contributed by atoms with Gasteiger partial charge in [-0.25, -0.2) is 4.79 Å². The number of hydrogen-bond acceptors (Lipinski definition) is 3. The minimum Gasteiger partial charge on any atom is -0.497 e. The normalized spacial score (nSPS) is 30.1. The number of hydrogen-bond donors (Lipinski definition) is 2. The van der Waals surface area contributed by atoms with Crippen molar-refractivity contribution in [2.75, 3.05) is 19.0 Å². The second kappa shape index (κ2) is 5.56. The van der Waals surface area contributed by atoms with Crippen LogP contribution in [0.5, 0.6) is 5.75 Å². The third-order valence-corrected chi connectivity index (χ3v) is 6.06. The van der Waals surface area contributed by atoms with Crippen LogP contribution in [0.15, 0.2) is 18.2 Å². The first kappa shape index (κ1) is 15.1.